The molecule has 2 atom stereocenters. The average molecular weight is 186 g/mol. The van der Waals surface area contributed by atoms with E-state index in [1.165, 1.54) is 25.7 Å². The third-order valence-electron chi connectivity index (χ3n) is 2.76. The summed E-state index contributed by atoms with van der Waals surface area (Å²) in [5.41, 5.74) is 6.06. The van der Waals surface area contributed by atoms with Gasteiger partial charge in [-0.05, 0) is 19.3 Å². The summed E-state index contributed by atoms with van der Waals surface area (Å²) in [4.78, 5) is 0. The largest absolute Gasteiger partial charge is 0.316 e. The van der Waals surface area contributed by atoms with E-state index in [2.05, 4.69) is 33.0 Å². The summed E-state index contributed by atoms with van der Waals surface area (Å²) in [6.07, 6.45) is 4.96. The lowest BCUT2D eigenvalue weighted by atomic mass is 9.99. The van der Waals surface area contributed by atoms with E-state index in [0.717, 1.165) is 0 Å². The lowest BCUT2D eigenvalue weighted by Crippen LogP contribution is -2.47. The van der Waals surface area contributed by atoms with Crippen LogP contribution in [-0.4, -0.2) is 12.2 Å². The third-order valence-corrected chi connectivity index (χ3v) is 2.76. The van der Waals surface area contributed by atoms with Crippen molar-refractivity contribution in [2.24, 2.45) is 11.7 Å². The Morgan fingerprint density at radius 3 is 2.08 bits per heavy atom. The minimum Gasteiger partial charge on any atom is -0.316 e. The molecule has 0 aromatic rings. The van der Waals surface area contributed by atoms with Crippen molar-refractivity contribution in [1.82, 2.24) is 5.32 Å². The summed E-state index contributed by atoms with van der Waals surface area (Å²) in [5.74, 6) is 0.624. The molecule has 2 nitrogen and oxygen atoms in total. The fourth-order valence-electron chi connectivity index (χ4n) is 1.78. The van der Waals surface area contributed by atoms with Gasteiger partial charge in [0.2, 0.25) is 0 Å². The van der Waals surface area contributed by atoms with Crippen molar-refractivity contribution in [2.45, 2.75) is 65.6 Å². The summed E-state index contributed by atoms with van der Waals surface area (Å²) in [6, 6.07) is 0.556. The zero-order valence-corrected chi connectivity index (χ0v) is 9.64. The highest BCUT2D eigenvalue weighted by atomic mass is 15.0. The molecule has 0 aromatic carbocycles. The predicted molar refractivity (Wildman–Crippen MR) is 59.6 cm³/mol. The molecular formula is C11H26N2. The molecule has 3 N–H and O–H groups in total. The Bertz CT molecular complexity index is 111. The molecule has 0 aromatic heterocycles. The van der Waals surface area contributed by atoms with Crippen LogP contribution in [0.15, 0.2) is 0 Å². The summed E-state index contributed by atoms with van der Waals surface area (Å²) in [5, 5.41) is 3.46. The van der Waals surface area contributed by atoms with Gasteiger partial charge in [-0.15, -0.1) is 0 Å². The van der Waals surface area contributed by atoms with E-state index in [1.54, 1.807) is 0 Å². The van der Waals surface area contributed by atoms with Crippen LogP contribution in [0.3, 0.4) is 0 Å². The molecule has 0 spiro atoms. The Labute approximate surface area is 83.3 Å². The van der Waals surface area contributed by atoms with Crippen LogP contribution >= 0.6 is 0 Å². The molecular weight excluding hydrogens is 160 g/mol. The molecule has 2 heteroatoms. The monoisotopic (exact) mass is 186 g/mol. The Morgan fingerprint density at radius 2 is 1.69 bits per heavy atom. The van der Waals surface area contributed by atoms with Crippen molar-refractivity contribution in [3.8, 4) is 0 Å². The minimum absolute atomic E-state index is 0.177. The first-order chi connectivity index (χ1) is 6.15. The quantitative estimate of drug-likeness (QED) is 0.599. The van der Waals surface area contributed by atoms with Gasteiger partial charge in [-0.1, -0.05) is 40.0 Å². The smallest absolute Gasteiger partial charge is 0.0577 e. The van der Waals surface area contributed by atoms with Crippen molar-refractivity contribution >= 4 is 0 Å². The van der Waals surface area contributed by atoms with Crippen molar-refractivity contribution < 1.29 is 0 Å². The number of nitrogens with two attached hydrogens (primary N) is 1. The lowest BCUT2D eigenvalue weighted by molar-refractivity contribution is 0.309. The highest BCUT2D eigenvalue weighted by Crippen LogP contribution is 2.10. The SMILES string of the molecule is CCCC(C)NC(N)C(CC)CC. The van der Waals surface area contributed by atoms with E-state index in [9.17, 15) is 0 Å². The second-order valence-electron chi connectivity index (χ2n) is 3.96. The maximum atomic E-state index is 6.06. The average Bonchev–Trinajstić information content (AvgIpc) is 2.06. The van der Waals surface area contributed by atoms with Crippen molar-refractivity contribution in [3.63, 3.8) is 0 Å². The van der Waals surface area contributed by atoms with Gasteiger partial charge >= 0.3 is 0 Å². The normalized spacial score (nSPS) is 16.2. The van der Waals surface area contributed by atoms with Crippen LogP contribution in [0.4, 0.5) is 0 Å². The zero-order valence-electron chi connectivity index (χ0n) is 9.64. The van der Waals surface area contributed by atoms with Gasteiger partial charge in [-0.25, -0.2) is 0 Å². The fraction of sp³-hybridized carbons (Fsp3) is 1.00. The molecule has 0 saturated heterocycles. The first kappa shape index (κ1) is 12.9. The molecule has 0 radical (unpaired) electrons. The van der Waals surface area contributed by atoms with E-state index < -0.39 is 0 Å². The highest BCUT2D eigenvalue weighted by Gasteiger charge is 2.15. The van der Waals surface area contributed by atoms with Crippen molar-refractivity contribution in [2.75, 3.05) is 0 Å². The number of nitrogens with one attached hydrogen (secondary N) is 1. The third kappa shape index (κ3) is 5.27. The van der Waals surface area contributed by atoms with Gasteiger partial charge in [0.1, 0.15) is 0 Å². The van der Waals surface area contributed by atoms with Gasteiger partial charge in [-0.3, -0.25) is 5.32 Å². The van der Waals surface area contributed by atoms with Crippen LogP contribution in [0.1, 0.15) is 53.4 Å². The van der Waals surface area contributed by atoms with Crippen LogP contribution in [0.2, 0.25) is 0 Å². The van der Waals surface area contributed by atoms with Crippen LogP contribution in [0.25, 0.3) is 0 Å². The predicted octanol–water partition coefficient (Wildman–Crippen LogP) is 2.49. The van der Waals surface area contributed by atoms with Gasteiger partial charge in [0, 0.05) is 6.04 Å². The van der Waals surface area contributed by atoms with Crippen molar-refractivity contribution in [3.05, 3.63) is 0 Å². The molecule has 2 unspecified atom stereocenters. The molecule has 0 aliphatic carbocycles. The summed E-state index contributed by atoms with van der Waals surface area (Å²) in [6.45, 7) is 8.84. The molecule has 0 aliphatic rings. The first-order valence-electron chi connectivity index (χ1n) is 5.67. The number of rotatable bonds is 7. The Kier molecular flexibility index (Phi) is 7.29. The van der Waals surface area contributed by atoms with Crippen LogP contribution < -0.4 is 11.1 Å². The molecule has 0 saturated carbocycles. The first-order valence-corrected chi connectivity index (χ1v) is 5.67. The summed E-state index contributed by atoms with van der Waals surface area (Å²) >= 11 is 0. The minimum atomic E-state index is 0.177. The number of hydrogen-bond acceptors (Lipinski definition) is 2. The van der Waals surface area contributed by atoms with Crippen molar-refractivity contribution in [1.29, 1.82) is 0 Å². The Morgan fingerprint density at radius 1 is 1.15 bits per heavy atom. The van der Waals surface area contributed by atoms with Crippen LogP contribution in [-0.2, 0) is 0 Å². The maximum absolute atomic E-state index is 6.06. The van der Waals surface area contributed by atoms with Gasteiger partial charge in [0.15, 0.2) is 0 Å². The molecule has 0 rings (SSSR count). The molecule has 0 aliphatic heterocycles. The van der Waals surface area contributed by atoms with Gasteiger partial charge in [-0.2, -0.15) is 0 Å². The lowest BCUT2D eigenvalue weighted by Gasteiger charge is -2.26. The molecule has 0 bridgehead atoms. The zero-order chi connectivity index (χ0) is 10.3. The van der Waals surface area contributed by atoms with E-state index in [1.807, 2.05) is 0 Å². The summed E-state index contributed by atoms with van der Waals surface area (Å²) < 4.78 is 0. The van der Waals surface area contributed by atoms with E-state index >= 15 is 0 Å². The Hall–Kier alpha value is -0.0800. The molecule has 13 heavy (non-hydrogen) atoms. The van der Waals surface area contributed by atoms with E-state index in [-0.39, 0.29) is 6.17 Å². The van der Waals surface area contributed by atoms with Gasteiger partial charge < -0.3 is 5.73 Å². The van der Waals surface area contributed by atoms with Crippen LogP contribution in [0.5, 0.6) is 0 Å². The number of hydrogen-bond donors (Lipinski definition) is 2. The second kappa shape index (κ2) is 7.34. The van der Waals surface area contributed by atoms with Crippen LogP contribution in [0, 0.1) is 5.92 Å². The Balaban J connectivity index is 3.75. The van der Waals surface area contributed by atoms with E-state index in [4.69, 9.17) is 5.73 Å². The molecule has 0 fully saturated rings. The molecule has 80 valence electrons. The highest BCUT2D eigenvalue weighted by molar-refractivity contribution is 4.72. The van der Waals surface area contributed by atoms with Gasteiger partial charge in [0.25, 0.3) is 0 Å². The van der Waals surface area contributed by atoms with Gasteiger partial charge in [0.05, 0.1) is 6.17 Å². The molecule has 0 heterocycles. The maximum Gasteiger partial charge on any atom is 0.0577 e. The standard InChI is InChI=1S/C11H26N2/c1-5-8-9(4)13-11(12)10(6-2)7-3/h9-11,13H,5-8,12H2,1-4H3. The molecule has 0 amide bonds. The fourth-order valence-corrected chi connectivity index (χ4v) is 1.78. The van der Waals surface area contributed by atoms with E-state index in [0.29, 0.717) is 12.0 Å². The second-order valence-corrected chi connectivity index (χ2v) is 3.96. The topological polar surface area (TPSA) is 38.0 Å². The summed E-state index contributed by atoms with van der Waals surface area (Å²) in [7, 11) is 0.